The highest BCUT2D eigenvalue weighted by Gasteiger charge is 2.30. The number of amides is 1. The minimum Gasteiger partial charge on any atom is -0.481 e. The zero-order valence-electron chi connectivity index (χ0n) is 14.5. The minimum absolute atomic E-state index is 0.0272. The summed E-state index contributed by atoms with van der Waals surface area (Å²) in [5.41, 5.74) is 0.975. The van der Waals surface area contributed by atoms with E-state index < -0.39 is 36.8 Å². The largest absolute Gasteiger partial charge is 0.481 e. The molecule has 0 aliphatic carbocycles. The lowest BCUT2D eigenvalue weighted by Gasteiger charge is -2.09. The molecule has 0 radical (unpaired) electrons. The van der Waals surface area contributed by atoms with Crippen LogP contribution in [0.1, 0.15) is 22.5 Å². The summed E-state index contributed by atoms with van der Waals surface area (Å²) in [6, 6.07) is 3.59. The summed E-state index contributed by atoms with van der Waals surface area (Å²) in [6.07, 6.45) is -5.15. The Hall–Kier alpha value is -2.91. The van der Waals surface area contributed by atoms with Crippen LogP contribution in [0.25, 0.3) is 0 Å². The molecule has 2 aromatic rings. The first-order chi connectivity index (χ1) is 12.5. The van der Waals surface area contributed by atoms with Crippen molar-refractivity contribution in [3.05, 3.63) is 46.5 Å². The number of carboxylic acid groups (broad SMARTS) is 1. The summed E-state index contributed by atoms with van der Waals surface area (Å²) in [4.78, 5) is 22.8. The van der Waals surface area contributed by atoms with Crippen molar-refractivity contribution in [1.29, 1.82) is 0 Å². The topological polar surface area (TPSA) is 84.2 Å². The van der Waals surface area contributed by atoms with Crippen LogP contribution in [-0.2, 0) is 29.0 Å². The first kappa shape index (κ1) is 20.4. The number of hydrogen-bond acceptors (Lipinski definition) is 3. The maximum Gasteiger partial charge on any atom is 0.408 e. The van der Waals surface area contributed by atoms with Crippen LogP contribution in [0.15, 0.2) is 18.2 Å². The van der Waals surface area contributed by atoms with Gasteiger partial charge in [-0.15, -0.1) is 0 Å². The van der Waals surface area contributed by atoms with Crippen molar-refractivity contribution in [2.75, 3.05) is 5.32 Å². The van der Waals surface area contributed by atoms with Crippen molar-refractivity contribution in [2.24, 2.45) is 0 Å². The van der Waals surface area contributed by atoms with Crippen LogP contribution in [-0.4, -0.2) is 32.9 Å². The second kappa shape index (κ2) is 7.77. The fourth-order valence-corrected chi connectivity index (χ4v) is 2.61. The number of halogens is 4. The third-order valence-corrected chi connectivity index (χ3v) is 3.88. The Morgan fingerprint density at radius 3 is 2.44 bits per heavy atom. The minimum atomic E-state index is -4.43. The second-order valence-electron chi connectivity index (χ2n) is 6.02. The number of anilines is 1. The molecule has 1 aromatic heterocycles. The van der Waals surface area contributed by atoms with E-state index in [-0.39, 0.29) is 23.4 Å². The molecule has 0 saturated heterocycles. The number of nitrogens with zero attached hydrogens (tertiary/aromatic N) is 2. The maximum atomic E-state index is 13.8. The van der Waals surface area contributed by atoms with Gasteiger partial charge in [0.1, 0.15) is 12.4 Å². The number of carbonyl (C=O) groups is 2. The molecule has 0 aliphatic rings. The molecular formula is C17H17F4N3O3. The molecule has 0 spiro atoms. The lowest BCUT2D eigenvalue weighted by atomic mass is 10.1. The fraction of sp³-hybridized carbons (Fsp3) is 0.353. The van der Waals surface area contributed by atoms with E-state index in [1.165, 1.54) is 26.0 Å². The monoisotopic (exact) mass is 387 g/mol. The first-order valence-corrected chi connectivity index (χ1v) is 7.86. The Morgan fingerprint density at radius 1 is 1.22 bits per heavy atom. The number of hydrogen-bond donors (Lipinski definition) is 2. The van der Waals surface area contributed by atoms with Crippen LogP contribution < -0.4 is 5.32 Å². The van der Waals surface area contributed by atoms with Crippen molar-refractivity contribution >= 4 is 17.6 Å². The van der Waals surface area contributed by atoms with Gasteiger partial charge < -0.3 is 10.4 Å². The number of carboxylic acids is 1. The SMILES string of the molecule is Cc1nn(CC(F)(F)F)c(C)c1CC(=O)Nc1ccc(CC(=O)O)c(F)c1. The summed E-state index contributed by atoms with van der Waals surface area (Å²) >= 11 is 0. The van der Waals surface area contributed by atoms with Gasteiger partial charge in [0.05, 0.1) is 18.5 Å². The predicted octanol–water partition coefficient (Wildman–Crippen LogP) is 3.01. The number of aliphatic carboxylic acids is 1. The van der Waals surface area contributed by atoms with Crippen LogP contribution in [0.5, 0.6) is 0 Å². The Labute approximate surface area is 151 Å². The van der Waals surface area contributed by atoms with Gasteiger partial charge in [-0.2, -0.15) is 18.3 Å². The van der Waals surface area contributed by atoms with E-state index in [0.29, 0.717) is 11.3 Å². The van der Waals surface area contributed by atoms with Crippen LogP contribution >= 0.6 is 0 Å². The van der Waals surface area contributed by atoms with Gasteiger partial charge in [0.2, 0.25) is 5.91 Å². The molecule has 10 heteroatoms. The van der Waals surface area contributed by atoms with Crippen molar-refractivity contribution < 1.29 is 32.3 Å². The summed E-state index contributed by atoms with van der Waals surface area (Å²) < 4.78 is 52.3. The average Bonchev–Trinajstić information content (AvgIpc) is 2.75. The number of alkyl halides is 3. The lowest BCUT2D eigenvalue weighted by molar-refractivity contribution is -0.143. The molecule has 27 heavy (non-hydrogen) atoms. The molecule has 6 nitrogen and oxygen atoms in total. The molecule has 1 heterocycles. The highest BCUT2D eigenvalue weighted by atomic mass is 19.4. The zero-order valence-corrected chi connectivity index (χ0v) is 14.5. The molecular weight excluding hydrogens is 370 g/mol. The molecule has 1 amide bonds. The normalized spacial score (nSPS) is 11.5. The number of nitrogens with one attached hydrogen (secondary N) is 1. The summed E-state index contributed by atoms with van der Waals surface area (Å²) in [5.74, 6) is -2.52. The Kier molecular flexibility index (Phi) is 5.87. The Bertz CT molecular complexity index is 875. The fourth-order valence-electron chi connectivity index (χ4n) is 2.61. The highest BCUT2D eigenvalue weighted by molar-refractivity contribution is 5.92. The van der Waals surface area contributed by atoms with Crippen LogP contribution in [0.4, 0.5) is 23.2 Å². The van der Waals surface area contributed by atoms with Crippen molar-refractivity contribution in [2.45, 2.75) is 39.4 Å². The van der Waals surface area contributed by atoms with Gasteiger partial charge in [0.15, 0.2) is 0 Å². The summed E-state index contributed by atoms with van der Waals surface area (Å²) in [6.45, 7) is 1.69. The Balaban J connectivity index is 2.10. The van der Waals surface area contributed by atoms with Crippen LogP contribution in [0.2, 0.25) is 0 Å². The van der Waals surface area contributed by atoms with E-state index in [1.807, 2.05) is 0 Å². The van der Waals surface area contributed by atoms with Gasteiger partial charge in [-0.05, 0) is 31.5 Å². The lowest BCUT2D eigenvalue weighted by Crippen LogP contribution is -2.20. The molecule has 0 bridgehead atoms. The molecule has 2 rings (SSSR count). The number of aromatic nitrogens is 2. The number of carbonyl (C=O) groups excluding carboxylic acids is 1. The molecule has 0 fully saturated rings. The van der Waals surface area contributed by atoms with Crippen molar-refractivity contribution in [3.8, 4) is 0 Å². The Morgan fingerprint density at radius 2 is 1.89 bits per heavy atom. The quantitative estimate of drug-likeness (QED) is 0.747. The number of rotatable bonds is 6. The van der Waals surface area contributed by atoms with E-state index in [2.05, 4.69) is 10.4 Å². The van der Waals surface area contributed by atoms with Gasteiger partial charge in [-0.3, -0.25) is 14.3 Å². The van der Waals surface area contributed by atoms with E-state index in [0.717, 1.165) is 10.7 Å². The van der Waals surface area contributed by atoms with Gasteiger partial charge in [-0.25, -0.2) is 4.39 Å². The van der Waals surface area contributed by atoms with E-state index in [9.17, 15) is 27.2 Å². The number of aryl methyl sites for hydroxylation is 1. The molecule has 1 aromatic carbocycles. The van der Waals surface area contributed by atoms with Gasteiger partial charge in [0.25, 0.3) is 0 Å². The van der Waals surface area contributed by atoms with E-state index in [4.69, 9.17) is 5.11 Å². The highest BCUT2D eigenvalue weighted by Crippen LogP contribution is 2.22. The van der Waals surface area contributed by atoms with E-state index >= 15 is 0 Å². The van der Waals surface area contributed by atoms with Crippen molar-refractivity contribution in [3.63, 3.8) is 0 Å². The van der Waals surface area contributed by atoms with Crippen LogP contribution in [0.3, 0.4) is 0 Å². The van der Waals surface area contributed by atoms with Crippen molar-refractivity contribution in [1.82, 2.24) is 9.78 Å². The predicted molar refractivity (Wildman–Crippen MR) is 87.8 cm³/mol. The third kappa shape index (κ3) is 5.53. The third-order valence-electron chi connectivity index (χ3n) is 3.88. The van der Waals surface area contributed by atoms with Gasteiger partial charge in [-0.1, -0.05) is 6.07 Å². The molecule has 0 unspecified atom stereocenters. The zero-order chi connectivity index (χ0) is 20.4. The summed E-state index contributed by atoms with van der Waals surface area (Å²) in [5, 5.41) is 14.9. The number of benzene rings is 1. The van der Waals surface area contributed by atoms with Gasteiger partial charge in [0, 0.05) is 16.9 Å². The van der Waals surface area contributed by atoms with Crippen LogP contribution in [0, 0.1) is 19.7 Å². The maximum absolute atomic E-state index is 13.8. The first-order valence-electron chi connectivity index (χ1n) is 7.86. The molecule has 2 N–H and O–H groups in total. The standard InChI is InChI=1S/C17H17F4N3O3/c1-9-13(10(2)24(23-9)8-17(19,20)21)7-15(25)22-12-4-3-11(5-16(26)27)14(18)6-12/h3-4,6H,5,7-8H2,1-2H3,(H,22,25)(H,26,27). The average molecular weight is 387 g/mol. The summed E-state index contributed by atoms with van der Waals surface area (Å²) in [7, 11) is 0. The van der Waals surface area contributed by atoms with Gasteiger partial charge >= 0.3 is 12.1 Å². The smallest absolute Gasteiger partial charge is 0.408 e. The molecule has 0 saturated carbocycles. The van der Waals surface area contributed by atoms with E-state index in [1.54, 1.807) is 0 Å². The molecule has 0 atom stereocenters. The molecule has 0 aliphatic heterocycles. The second-order valence-corrected chi connectivity index (χ2v) is 6.02. The molecule has 146 valence electrons.